The van der Waals surface area contributed by atoms with Gasteiger partial charge in [0.15, 0.2) is 0 Å². The highest BCUT2D eigenvalue weighted by molar-refractivity contribution is 5.62. The number of anilines is 2. The van der Waals surface area contributed by atoms with Gasteiger partial charge >= 0.3 is 0 Å². The van der Waals surface area contributed by atoms with Gasteiger partial charge in [-0.3, -0.25) is 0 Å². The van der Waals surface area contributed by atoms with Crippen molar-refractivity contribution < 1.29 is 0 Å². The average Bonchev–Trinajstić information content (AvgIpc) is 1.80. The molecule has 0 aliphatic rings. The molecule has 4 N–H and O–H groups in total. The molecule has 0 bridgehead atoms. The molecule has 0 saturated carbocycles. The SMILES string of the molecule is Cc1[c]c(N)c(N)cc1. The summed E-state index contributed by atoms with van der Waals surface area (Å²) in [5.41, 5.74) is 13.0. The highest BCUT2D eigenvalue weighted by Crippen LogP contribution is 2.13. The van der Waals surface area contributed by atoms with Gasteiger partial charge in [-0.1, -0.05) is 6.07 Å². The second-order valence-corrected chi connectivity index (χ2v) is 2.01. The van der Waals surface area contributed by atoms with Crippen LogP contribution >= 0.6 is 0 Å². The minimum atomic E-state index is 0.537. The third-order valence-electron chi connectivity index (χ3n) is 1.16. The van der Waals surface area contributed by atoms with Gasteiger partial charge in [0, 0.05) is 6.07 Å². The summed E-state index contributed by atoms with van der Waals surface area (Å²) in [7, 11) is 0. The first kappa shape index (κ1) is 5.95. The van der Waals surface area contributed by atoms with Crippen molar-refractivity contribution in [3.05, 3.63) is 23.8 Å². The van der Waals surface area contributed by atoms with Gasteiger partial charge in [-0.2, -0.15) is 0 Å². The van der Waals surface area contributed by atoms with Crippen molar-refractivity contribution in [1.29, 1.82) is 0 Å². The zero-order valence-electron chi connectivity index (χ0n) is 5.31. The fourth-order valence-electron chi connectivity index (χ4n) is 0.631. The third-order valence-corrected chi connectivity index (χ3v) is 1.16. The minimum absolute atomic E-state index is 0.537. The quantitative estimate of drug-likeness (QED) is 0.502. The maximum Gasteiger partial charge on any atom is 0.0631 e. The van der Waals surface area contributed by atoms with Crippen LogP contribution in [-0.2, 0) is 0 Å². The number of hydrogen-bond donors (Lipinski definition) is 2. The molecule has 2 heteroatoms. The lowest BCUT2D eigenvalue weighted by Gasteiger charge is -1.97. The molecule has 47 valence electrons. The van der Waals surface area contributed by atoms with E-state index in [4.69, 9.17) is 11.5 Å². The van der Waals surface area contributed by atoms with E-state index in [1.54, 1.807) is 6.07 Å². The molecule has 1 rings (SSSR count). The van der Waals surface area contributed by atoms with Crippen LogP contribution in [-0.4, -0.2) is 0 Å². The first-order valence-corrected chi connectivity index (χ1v) is 2.74. The number of nitrogens with two attached hydrogens (primary N) is 2. The largest absolute Gasteiger partial charge is 0.397 e. The Morgan fingerprint density at radius 2 is 2.00 bits per heavy atom. The van der Waals surface area contributed by atoms with E-state index >= 15 is 0 Å². The number of benzene rings is 1. The summed E-state index contributed by atoms with van der Waals surface area (Å²) < 4.78 is 0. The molecule has 0 unspecified atom stereocenters. The lowest BCUT2D eigenvalue weighted by Crippen LogP contribution is -1.94. The monoisotopic (exact) mass is 121 g/mol. The van der Waals surface area contributed by atoms with Crippen LogP contribution in [0.3, 0.4) is 0 Å². The highest BCUT2D eigenvalue weighted by Gasteiger charge is 1.91. The van der Waals surface area contributed by atoms with Crippen LogP contribution in [0.4, 0.5) is 11.4 Å². The van der Waals surface area contributed by atoms with E-state index in [-0.39, 0.29) is 0 Å². The first-order valence-electron chi connectivity index (χ1n) is 2.74. The molecular formula is C7H9N2. The van der Waals surface area contributed by atoms with E-state index < -0.39 is 0 Å². The summed E-state index contributed by atoms with van der Waals surface area (Å²) in [5, 5.41) is 0. The van der Waals surface area contributed by atoms with E-state index in [9.17, 15) is 0 Å². The van der Waals surface area contributed by atoms with Crippen LogP contribution in [0, 0.1) is 13.0 Å². The fraction of sp³-hybridized carbons (Fsp3) is 0.143. The van der Waals surface area contributed by atoms with Crippen LogP contribution < -0.4 is 11.5 Å². The van der Waals surface area contributed by atoms with Gasteiger partial charge in [0.25, 0.3) is 0 Å². The lowest BCUT2D eigenvalue weighted by atomic mass is 10.2. The van der Waals surface area contributed by atoms with Crippen molar-refractivity contribution in [3.8, 4) is 0 Å². The van der Waals surface area contributed by atoms with E-state index in [2.05, 4.69) is 6.07 Å². The number of rotatable bonds is 0. The van der Waals surface area contributed by atoms with Gasteiger partial charge < -0.3 is 11.5 Å². The standard InChI is InChI=1S/C7H9N2/c1-5-2-3-6(8)7(9)4-5/h2-3H,8-9H2,1H3. The number of nitrogen functional groups attached to an aromatic ring is 2. The van der Waals surface area contributed by atoms with Crippen LogP contribution in [0.1, 0.15) is 5.56 Å². The van der Waals surface area contributed by atoms with E-state index in [1.807, 2.05) is 13.0 Å². The van der Waals surface area contributed by atoms with E-state index in [0.29, 0.717) is 11.4 Å². The third kappa shape index (κ3) is 1.13. The smallest absolute Gasteiger partial charge is 0.0631 e. The Balaban J connectivity index is 3.17. The zero-order valence-corrected chi connectivity index (χ0v) is 5.31. The molecule has 0 aliphatic carbocycles. The molecule has 0 heterocycles. The Bertz CT molecular complexity index is 218. The van der Waals surface area contributed by atoms with Gasteiger partial charge in [0.05, 0.1) is 11.4 Å². The van der Waals surface area contributed by atoms with Crippen molar-refractivity contribution in [2.75, 3.05) is 11.5 Å². The molecule has 0 aliphatic heterocycles. The molecule has 9 heavy (non-hydrogen) atoms. The molecule has 1 radical (unpaired) electrons. The predicted molar refractivity (Wildman–Crippen MR) is 38.8 cm³/mol. The molecule has 1 aromatic rings. The maximum atomic E-state index is 5.44. The van der Waals surface area contributed by atoms with Gasteiger partial charge in [-0.05, 0) is 18.6 Å². The molecule has 0 saturated heterocycles. The van der Waals surface area contributed by atoms with Crippen LogP contribution in [0.15, 0.2) is 12.1 Å². The van der Waals surface area contributed by atoms with E-state index in [1.165, 1.54) is 0 Å². The molecule has 0 atom stereocenters. The topological polar surface area (TPSA) is 52.0 Å². The maximum absolute atomic E-state index is 5.44. The Hall–Kier alpha value is -1.18. The predicted octanol–water partition coefficient (Wildman–Crippen LogP) is 0.960. The number of hydrogen-bond acceptors (Lipinski definition) is 2. The Labute approximate surface area is 54.5 Å². The Morgan fingerprint density at radius 3 is 2.44 bits per heavy atom. The Morgan fingerprint density at radius 1 is 1.33 bits per heavy atom. The van der Waals surface area contributed by atoms with Gasteiger partial charge in [-0.15, -0.1) is 0 Å². The van der Waals surface area contributed by atoms with Gasteiger partial charge in [0.1, 0.15) is 0 Å². The van der Waals surface area contributed by atoms with Crippen molar-refractivity contribution in [3.63, 3.8) is 0 Å². The molecular weight excluding hydrogens is 112 g/mol. The minimum Gasteiger partial charge on any atom is -0.397 e. The molecule has 0 spiro atoms. The van der Waals surface area contributed by atoms with Gasteiger partial charge in [-0.25, -0.2) is 0 Å². The summed E-state index contributed by atoms with van der Waals surface area (Å²) in [5.74, 6) is 0. The number of aryl methyl sites for hydroxylation is 1. The zero-order chi connectivity index (χ0) is 6.85. The summed E-state index contributed by atoms with van der Waals surface area (Å²) in [4.78, 5) is 0. The van der Waals surface area contributed by atoms with Crippen LogP contribution in [0.2, 0.25) is 0 Å². The lowest BCUT2D eigenvalue weighted by molar-refractivity contribution is 1.46. The summed E-state index contributed by atoms with van der Waals surface area (Å²) >= 11 is 0. The molecule has 2 nitrogen and oxygen atoms in total. The second kappa shape index (κ2) is 1.97. The van der Waals surface area contributed by atoms with Crippen molar-refractivity contribution >= 4 is 11.4 Å². The van der Waals surface area contributed by atoms with E-state index in [0.717, 1.165) is 5.56 Å². The van der Waals surface area contributed by atoms with Gasteiger partial charge in [0.2, 0.25) is 0 Å². The average molecular weight is 121 g/mol. The van der Waals surface area contributed by atoms with Crippen molar-refractivity contribution in [1.82, 2.24) is 0 Å². The molecule has 0 aromatic heterocycles. The fourth-order valence-corrected chi connectivity index (χ4v) is 0.631. The highest BCUT2D eigenvalue weighted by atomic mass is 14.7. The molecule has 0 fully saturated rings. The first-order chi connectivity index (χ1) is 4.20. The normalized spacial score (nSPS) is 9.44. The molecule has 0 amide bonds. The Kier molecular flexibility index (Phi) is 1.30. The van der Waals surface area contributed by atoms with Crippen LogP contribution in [0.5, 0.6) is 0 Å². The summed E-state index contributed by atoms with van der Waals surface area (Å²) in [6, 6.07) is 6.55. The summed E-state index contributed by atoms with van der Waals surface area (Å²) in [6.07, 6.45) is 0. The molecule has 1 aromatic carbocycles. The van der Waals surface area contributed by atoms with Crippen molar-refractivity contribution in [2.45, 2.75) is 6.92 Å². The van der Waals surface area contributed by atoms with Crippen molar-refractivity contribution in [2.24, 2.45) is 0 Å². The second-order valence-electron chi connectivity index (χ2n) is 2.01. The van der Waals surface area contributed by atoms with Crippen LogP contribution in [0.25, 0.3) is 0 Å². The summed E-state index contributed by atoms with van der Waals surface area (Å²) in [6.45, 7) is 1.93.